The van der Waals surface area contributed by atoms with Gasteiger partial charge in [0.25, 0.3) is 0 Å². The summed E-state index contributed by atoms with van der Waals surface area (Å²) in [5.41, 5.74) is 0.620. The van der Waals surface area contributed by atoms with Gasteiger partial charge in [-0.2, -0.15) is 0 Å². The fourth-order valence-corrected chi connectivity index (χ4v) is 2.98. The zero-order valence-electron chi connectivity index (χ0n) is 10.4. The number of hydrogen-bond acceptors (Lipinski definition) is 3. The number of hydrogen-bond donors (Lipinski definition) is 1. The molecule has 0 bridgehead atoms. The maximum Gasteiger partial charge on any atom is 0.241 e. The van der Waals surface area contributed by atoms with Crippen LogP contribution in [0.5, 0.6) is 0 Å². The average molecular weight is 335 g/mol. The first kappa shape index (κ1) is 15.1. The molecule has 0 aromatic heterocycles. The lowest BCUT2D eigenvalue weighted by Crippen LogP contribution is -2.36. The molecule has 1 aromatic carbocycles. The lowest BCUT2D eigenvalue weighted by Gasteiger charge is -2.12. The number of sulfonamides is 1. The van der Waals surface area contributed by atoms with E-state index in [2.05, 4.69) is 20.7 Å². The first-order chi connectivity index (χ1) is 8.24. The summed E-state index contributed by atoms with van der Waals surface area (Å²) in [5.74, 6) is -0.298. The van der Waals surface area contributed by atoms with Crippen molar-refractivity contribution in [1.29, 1.82) is 0 Å². The van der Waals surface area contributed by atoms with Crippen LogP contribution in [0.15, 0.2) is 27.6 Å². The van der Waals surface area contributed by atoms with E-state index in [1.54, 1.807) is 33.2 Å². The van der Waals surface area contributed by atoms with Gasteiger partial charge in [-0.15, -0.1) is 0 Å². The number of aryl methyl sites for hydroxylation is 1. The van der Waals surface area contributed by atoms with Crippen LogP contribution in [0, 0.1) is 6.92 Å². The Balaban J connectivity index is 2.90. The Kier molecular flexibility index (Phi) is 4.89. The summed E-state index contributed by atoms with van der Waals surface area (Å²) < 4.78 is 27.1. The van der Waals surface area contributed by atoms with Crippen LogP contribution < -0.4 is 4.72 Å². The standard InChI is InChI=1S/C11H15BrN2O3S/c1-8-6-9(12)4-5-10(8)18(16,17)13-7-11(15)14(2)3/h4-6,13H,7H2,1-3H3. The van der Waals surface area contributed by atoms with E-state index in [1.807, 2.05) is 0 Å². The smallest absolute Gasteiger partial charge is 0.241 e. The highest BCUT2D eigenvalue weighted by molar-refractivity contribution is 9.10. The van der Waals surface area contributed by atoms with E-state index in [1.165, 1.54) is 11.0 Å². The van der Waals surface area contributed by atoms with Gasteiger partial charge in [0.1, 0.15) is 0 Å². The Morgan fingerprint density at radius 1 is 1.39 bits per heavy atom. The van der Waals surface area contributed by atoms with Gasteiger partial charge in [0.2, 0.25) is 15.9 Å². The summed E-state index contributed by atoms with van der Waals surface area (Å²) in [7, 11) is -0.513. The molecule has 18 heavy (non-hydrogen) atoms. The highest BCUT2D eigenvalue weighted by atomic mass is 79.9. The molecule has 0 fully saturated rings. The van der Waals surface area contributed by atoms with Gasteiger partial charge >= 0.3 is 0 Å². The molecule has 0 saturated carbocycles. The number of carbonyl (C=O) groups is 1. The third-order valence-electron chi connectivity index (χ3n) is 2.34. The van der Waals surface area contributed by atoms with Crippen molar-refractivity contribution in [2.45, 2.75) is 11.8 Å². The molecule has 0 unspecified atom stereocenters. The second-order valence-electron chi connectivity index (χ2n) is 4.02. The Labute approximate surface area is 115 Å². The van der Waals surface area contributed by atoms with Gasteiger partial charge in [0, 0.05) is 18.6 Å². The van der Waals surface area contributed by atoms with Crippen molar-refractivity contribution in [2.75, 3.05) is 20.6 Å². The first-order valence-corrected chi connectivity index (χ1v) is 7.47. The van der Waals surface area contributed by atoms with Crippen molar-refractivity contribution in [3.63, 3.8) is 0 Å². The number of rotatable bonds is 4. The summed E-state index contributed by atoms with van der Waals surface area (Å²) >= 11 is 3.27. The van der Waals surface area contributed by atoms with Gasteiger partial charge in [-0.25, -0.2) is 13.1 Å². The molecule has 1 rings (SSSR count). The van der Waals surface area contributed by atoms with E-state index in [-0.39, 0.29) is 17.3 Å². The quantitative estimate of drug-likeness (QED) is 0.897. The van der Waals surface area contributed by atoms with Crippen LogP contribution in [0.3, 0.4) is 0 Å². The molecule has 1 amide bonds. The first-order valence-electron chi connectivity index (χ1n) is 5.20. The zero-order valence-corrected chi connectivity index (χ0v) is 12.8. The topological polar surface area (TPSA) is 66.5 Å². The van der Waals surface area contributed by atoms with Crippen LogP contribution in [-0.4, -0.2) is 39.9 Å². The lowest BCUT2D eigenvalue weighted by atomic mass is 10.2. The number of carbonyl (C=O) groups excluding carboxylic acids is 1. The second-order valence-corrected chi connectivity index (χ2v) is 6.67. The molecule has 0 saturated heterocycles. The third kappa shape index (κ3) is 3.79. The van der Waals surface area contributed by atoms with Crippen LogP contribution in [0.2, 0.25) is 0 Å². The predicted molar refractivity (Wildman–Crippen MR) is 72.8 cm³/mol. The van der Waals surface area contributed by atoms with Crippen molar-refractivity contribution < 1.29 is 13.2 Å². The number of amides is 1. The van der Waals surface area contributed by atoms with Gasteiger partial charge in [0.15, 0.2) is 0 Å². The summed E-state index contributed by atoms with van der Waals surface area (Å²) in [6, 6.07) is 4.86. The van der Waals surface area contributed by atoms with Crippen molar-refractivity contribution in [3.05, 3.63) is 28.2 Å². The van der Waals surface area contributed by atoms with Crippen molar-refractivity contribution in [3.8, 4) is 0 Å². The number of benzene rings is 1. The summed E-state index contributed by atoms with van der Waals surface area (Å²) in [4.78, 5) is 12.9. The lowest BCUT2D eigenvalue weighted by molar-refractivity contribution is -0.127. The molecular formula is C11H15BrN2O3S. The number of nitrogens with zero attached hydrogens (tertiary/aromatic N) is 1. The molecule has 7 heteroatoms. The van der Waals surface area contributed by atoms with Gasteiger partial charge in [-0.3, -0.25) is 4.79 Å². The van der Waals surface area contributed by atoms with E-state index < -0.39 is 10.0 Å². The highest BCUT2D eigenvalue weighted by Crippen LogP contribution is 2.19. The van der Waals surface area contributed by atoms with Crippen molar-refractivity contribution in [2.24, 2.45) is 0 Å². The molecule has 0 spiro atoms. The molecule has 0 aliphatic rings. The third-order valence-corrected chi connectivity index (χ3v) is 4.39. The fraction of sp³-hybridized carbons (Fsp3) is 0.364. The van der Waals surface area contributed by atoms with Crippen LogP contribution in [0.1, 0.15) is 5.56 Å². The fourth-order valence-electron chi connectivity index (χ4n) is 1.31. The molecule has 0 heterocycles. The van der Waals surface area contributed by atoms with Crippen molar-refractivity contribution in [1.82, 2.24) is 9.62 Å². The minimum Gasteiger partial charge on any atom is -0.348 e. The van der Waals surface area contributed by atoms with Gasteiger partial charge in [-0.05, 0) is 30.7 Å². The predicted octanol–water partition coefficient (Wildman–Crippen LogP) is 1.12. The normalized spacial score (nSPS) is 11.3. The van der Waals surface area contributed by atoms with Crippen LogP contribution in [0.4, 0.5) is 0 Å². The van der Waals surface area contributed by atoms with Gasteiger partial charge < -0.3 is 4.90 Å². The number of nitrogens with one attached hydrogen (secondary N) is 1. The van der Waals surface area contributed by atoms with Crippen LogP contribution in [-0.2, 0) is 14.8 Å². The number of halogens is 1. The van der Waals surface area contributed by atoms with E-state index >= 15 is 0 Å². The summed E-state index contributed by atoms with van der Waals surface area (Å²) in [6.45, 7) is 1.46. The molecule has 0 aliphatic carbocycles. The molecule has 1 N–H and O–H groups in total. The van der Waals surface area contributed by atoms with Crippen LogP contribution in [0.25, 0.3) is 0 Å². The van der Waals surface area contributed by atoms with E-state index in [9.17, 15) is 13.2 Å². The summed E-state index contributed by atoms with van der Waals surface area (Å²) in [5, 5.41) is 0. The van der Waals surface area contributed by atoms with Gasteiger partial charge in [-0.1, -0.05) is 15.9 Å². The Bertz CT molecular complexity index is 555. The average Bonchev–Trinajstić information content (AvgIpc) is 2.25. The van der Waals surface area contributed by atoms with Crippen molar-refractivity contribution >= 4 is 31.9 Å². The maximum absolute atomic E-state index is 12.0. The SMILES string of the molecule is Cc1cc(Br)ccc1S(=O)(=O)NCC(=O)N(C)C. The molecule has 0 radical (unpaired) electrons. The molecule has 0 aliphatic heterocycles. The minimum atomic E-state index is -3.65. The Morgan fingerprint density at radius 2 is 2.00 bits per heavy atom. The monoisotopic (exact) mass is 334 g/mol. The Morgan fingerprint density at radius 3 is 2.50 bits per heavy atom. The molecular weight excluding hydrogens is 320 g/mol. The molecule has 100 valence electrons. The highest BCUT2D eigenvalue weighted by Gasteiger charge is 2.18. The number of likely N-dealkylation sites (N-methyl/N-ethyl adjacent to an activating group) is 1. The molecule has 5 nitrogen and oxygen atoms in total. The minimum absolute atomic E-state index is 0.178. The molecule has 1 aromatic rings. The van der Waals surface area contributed by atoms with E-state index in [0.717, 1.165) is 4.47 Å². The van der Waals surface area contributed by atoms with E-state index in [4.69, 9.17) is 0 Å². The zero-order chi connectivity index (χ0) is 13.9. The maximum atomic E-state index is 12.0. The largest absolute Gasteiger partial charge is 0.348 e. The second kappa shape index (κ2) is 5.81. The molecule has 0 atom stereocenters. The Hall–Kier alpha value is -0.920. The van der Waals surface area contributed by atoms with Crippen LogP contribution >= 0.6 is 15.9 Å². The van der Waals surface area contributed by atoms with E-state index in [0.29, 0.717) is 5.56 Å². The summed E-state index contributed by atoms with van der Waals surface area (Å²) in [6.07, 6.45) is 0. The van der Waals surface area contributed by atoms with Gasteiger partial charge in [0.05, 0.1) is 11.4 Å².